The number of hydrogen-bond donors (Lipinski definition) is 2. The first-order chi connectivity index (χ1) is 10.1. The zero-order valence-corrected chi connectivity index (χ0v) is 12.3. The molecule has 0 aliphatic rings. The Hall–Kier alpha value is -2.43. The number of nitrogens with zero attached hydrogens (tertiary/aromatic N) is 2. The van der Waals surface area contributed by atoms with Crippen LogP contribution in [0.15, 0.2) is 36.5 Å². The monoisotopic (exact) mass is 284 g/mol. The van der Waals surface area contributed by atoms with Crippen molar-refractivity contribution < 1.29 is 4.79 Å². The van der Waals surface area contributed by atoms with E-state index in [1.165, 1.54) is 0 Å². The van der Waals surface area contributed by atoms with Crippen molar-refractivity contribution in [2.75, 3.05) is 5.73 Å². The van der Waals surface area contributed by atoms with Crippen molar-refractivity contribution in [3.8, 4) is 11.3 Å². The molecule has 2 rings (SSSR count). The smallest absolute Gasteiger partial charge is 0.273 e. The number of nitrogen functional groups attached to an aromatic ring is 1. The Bertz CT molecular complexity index is 613. The van der Waals surface area contributed by atoms with Gasteiger partial charge in [0.15, 0.2) is 11.5 Å². The van der Waals surface area contributed by atoms with Crippen LogP contribution in [0, 0.1) is 0 Å². The Morgan fingerprint density at radius 1 is 1.33 bits per heavy atom. The van der Waals surface area contributed by atoms with Crippen LogP contribution in [0.25, 0.3) is 11.3 Å². The van der Waals surface area contributed by atoms with Crippen molar-refractivity contribution in [1.82, 2.24) is 15.3 Å². The Kier molecular flexibility index (Phi) is 4.87. The molecule has 1 heterocycles. The van der Waals surface area contributed by atoms with Gasteiger partial charge >= 0.3 is 0 Å². The molecule has 1 aromatic carbocycles. The van der Waals surface area contributed by atoms with Crippen molar-refractivity contribution in [3.63, 3.8) is 0 Å². The van der Waals surface area contributed by atoms with Gasteiger partial charge in [0, 0.05) is 11.6 Å². The van der Waals surface area contributed by atoms with Gasteiger partial charge in [-0.3, -0.25) is 4.79 Å². The van der Waals surface area contributed by atoms with Gasteiger partial charge in [-0.25, -0.2) is 9.97 Å². The molecular formula is C16H20N4O. The summed E-state index contributed by atoms with van der Waals surface area (Å²) in [7, 11) is 0. The molecule has 5 nitrogen and oxygen atoms in total. The topological polar surface area (TPSA) is 80.9 Å². The summed E-state index contributed by atoms with van der Waals surface area (Å²) in [4.78, 5) is 20.7. The van der Waals surface area contributed by atoms with Crippen molar-refractivity contribution in [3.05, 3.63) is 42.2 Å². The van der Waals surface area contributed by atoms with Gasteiger partial charge in [-0.15, -0.1) is 0 Å². The van der Waals surface area contributed by atoms with Gasteiger partial charge in [-0.05, 0) is 13.3 Å². The summed E-state index contributed by atoms with van der Waals surface area (Å²) in [5.74, 6) is -0.130. The van der Waals surface area contributed by atoms with Gasteiger partial charge in [0.1, 0.15) is 0 Å². The van der Waals surface area contributed by atoms with Crippen LogP contribution in [0.4, 0.5) is 5.82 Å². The second-order valence-corrected chi connectivity index (χ2v) is 5.02. The fourth-order valence-electron chi connectivity index (χ4n) is 2.11. The maximum absolute atomic E-state index is 12.2. The molecule has 2 aromatic rings. The first kappa shape index (κ1) is 15.0. The molecule has 3 N–H and O–H groups in total. The number of anilines is 1. The lowest BCUT2D eigenvalue weighted by atomic mass is 10.1. The molecule has 0 fully saturated rings. The van der Waals surface area contributed by atoms with Crippen molar-refractivity contribution in [2.24, 2.45) is 0 Å². The zero-order valence-electron chi connectivity index (χ0n) is 12.3. The quantitative estimate of drug-likeness (QED) is 0.884. The number of benzene rings is 1. The number of carbonyl (C=O) groups excluding carboxylic acids is 1. The highest BCUT2D eigenvalue weighted by Gasteiger charge is 2.16. The molecule has 21 heavy (non-hydrogen) atoms. The summed E-state index contributed by atoms with van der Waals surface area (Å²) in [6, 6.07) is 9.67. The minimum Gasteiger partial charge on any atom is -0.382 e. The van der Waals surface area contributed by atoms with Crippen LogP contribution in [-0.2, 0) is 0 Å². The molecule has 1 unspecified atom stereocenters. The Morgan fingerprint density at radius 2 is 2.05 bits per heavy atom. The first-order valence-electron chi connectivity index (χ1n) is 7.10. The molecule has 0 saturated heterocycles. The van der Waals surface area contributed by atoms with E-state index in [4.69, 9.17) is 5.73 Å². The molecular weight excluding hydrogens is 264 g/mol. The lowest BCUT2D eigenvalue weighted by Gasteiger charge is -2.13. The summed E-state index contributed by atoms with van der Waals surface area (Å²) >= 11 is 0. The summed E-state index contributed by atoms with van der Waals surface area (Å²) in [5.41, 5.74) is 7.50. The van der Waals surface area contributed by atoms with E-state index in [-0.39, 0.29) is 23.5 Å². The Morgan fingerprint density at radius 3 is 2.71 bits per heavy atom. The third-order valence-corrected chi connectivity index (χ3v) is 3.18. The minimum atomic E-state index is -0.279. The van der Waals surface area contributed by atoms with Gasteiger partial charge in [0.05, 0.1) is 11.9 Å². The van der Waals surface area contributed by atoms with Crippen molar-refractivity contribution in [1.29, 1.82) is 0 Å². The van der Waals surface area contributed by atoms with Crippen LogP contribution in [0.3, 0.4) is 0 Å². The molecule has 1 atom stereocenters. The van der Waals surface area contributed by atoms with E-state index < -0.39 is 0 Å². The fourth-order valence-corrected chi connectivity index (χ4v) is 2.11. The zero-order chi connectivity index (χ0) is 15.2. The summed E-state index contributed by atoms with van der Waals surface area (Å²) in [6.07, 6.45) is 3.50. The SMILES string of the molecule is CCCC(C)NC(=O)c1nc(-c2ccccc2)cnc1N. The summed E-state index contributed by atoms with van der Waals surface area (Å²) in [5, 5.41) is 2.90. The number of nitrogens with two attached hydrogens (primary N) is 1. The average Bonchev–Trinajstić information content (AvgIpc) is 2.48. The number of nitrogens with one attached hydrogen (secondary N) is 1. The second-order valence-electron chi connectivity index (χ2n) is 5.02. The van der Waals surface area contributed by atoms with Gasteiger partial charge in [0.2, 0.25) is 0 Å². The number of hydrogen-bond acceptors (Lipinski definition) is 4. The fraction of sp³-hybridized carbons (Fsp3) is 0.312. The van der Waals surface area contributed by atoms with E-state index >= 15 is 0 Å². The van der Waals surface area contributed by atoms with Gasteiger partial charge in [0.25, 0.3) is 5.91 Å². The third-order valence-electron chi connectivity index (χ3n) is 3.18. The Balaban J connectivity index is 2.25. The van der Waals surface area contributed by atoms with Crippen LogP contribution in [0.2, 0.25) is 0 Å². The van der Waals surface area contributed by atoms with Crippen LogP contribution in [0.1, 0.15) is 37.2 Å². The molecule has 0 saturated carbocycles. The highest BCUT2D eigenvalue weighted by molar-refractivity contribution is 5.96. The molecule has 0 spiro atoms. The van der Waals surface area contributed by atoms with Crippen molar-refractivity contribution in [2.45, 2.75) is 32.7 Å². The molecule has 110 valence electrons. The molecule has 0 aliphatic carbocycles. The molecule has 0 bridgehead atoms. The number of carbonyl (C=O) groups is 1. The Labute approximate surface area is 124 Å². The summed E-state index contributed by atoms with van der Waals surface area (Å²) in [6.45, 7) is 4.04. The van der Waals surface area contributed by atoms with Gasteiger partial charge in [-0.1, -0.05) is 43.7 Å². The highest BCUT2D eigenvalue weighted by Crippen LogP contribution is 2.18. The van der Waals surface area contributed by atoms with E-state index in [1.54, 1.807) is 6.20 Å². The molecule has 1 aromatic heterocycles. The number of rotatable bonds is 5. The normalized spacial score (nSPS) is 11.9. The summed E-state index contributed by atoms with van der Waals surface area (Å²) < 4.78 is 0. The third kappa shape index (κ3) is 3.78. The van der Waals surface area contributed by atoms with Gasteiger partial charge in [-0.2, -0.15) is 0 Å². The maximum atomic E-state index is 12.2. The van der Waals surface area contributed by atoms with Gasteiger partial charge < -0.3 is 11.1 Å². The minimum absolute atomic E-state index is 0.0871. The molecule has 0 radical (unpaired) electrons. The number of aromatic nitrogens is 2. The van der Waals surface area contributed by atoms with E-state index in [2.05, 4.69) is 22.2 Å². The van der Waals surface area contributed by atoms with E-state index in [0.717, 1.165) is 18.4 Å². The van der Waals surface area contributed by atoms with E-state index in [9.17, 15) is 4.79 Å². The number of amides is 1. The van der Waals surface area contributed by atoms with E-state index in [1.807, 2.05) is 37.3 Å². The average molecular weight is 284 g/mol. The highest BCUT2D eigenvalue weighted by atomic mass is 16.2. The standard InChI is InChI=1S/C16H20N4O/c1-3-7-11(2)19-16(21)14-15(17)18-10-13(20-14)12-8-5-4-6-9-12/h4-6,8-11H,3,7H2,1-2H3,(H2,17,18)(H,19,21). The van der Waals surface area contributed by atoms with Crippen molar-refractivity contribution >= 4 is 11.7 Å². The second kappa shape index (κ2) is 6.83. The lowest BCUT2D eigenvalue weighted by Crippen LogP contribution is -2.33. The predicted octanol–water partition coefficient (Wildman–Crippen LogP) is 2.64. The largest absolute Gasteiger partial charge is 0.382 e. The molecule has 5 heteroatoms. The maximum Gasteiger partial charge on any atom is 0.273 e. The van der Waals surface area contributed by atoms with Crippen LogP contribution < -0.4 is 11.1 Å². The molecule has 0 aliphatic heterocycles. The van der Waals surface area contributed by atoms with Crippen LogP contribution >= 0.6 is 0 Å². The predicted molar refractivity (Wildman–Crippen MR) is 83.7 cm³/mol. The molecule has 1 amide bonds. The van der Waals surface area contributed by atoms with Crippen LogP contribution in [0.5, 0.6) is 0 Å². The lowest BCUT2D eigenvalue weighted by molar-refractivity contribution is 0.0934. The first-order valence-corrected chi connectivity index (χ1v) is 7.10. The van der Waals surface area contributed by atoms with Crippen LogP contribution in [-0.4, -0.2) is 21.9 Å². The van der Waals surface area contributed by atoms with E-state index in [0.29, 0.717) is 5.69 Å².